The van der Waals surface area contributed by atoms with Crippen LogP contribution in [0.15, 0.2) is 53.6 Å². The first kappa shape index (κ1) is 22.6. The molecule has 0 saturated carbocycles. The molecule has 4 rings (SSSR count). The lowest BCUT2D eigenvalue weighted by molar-refractivity contribution is 0.0994. The topological polar surface area (TPSA) is 26.8 Å². The Morgan fingerprint density at radius 2 is 1.78 bits per heavy atom. The van der Waals surface area contributed by atoms with Gasteiger partial charge in [0.2, 0.25) is 0 Å². The molecule has 2 aromatic carbocycles. The number of allylic oxidation sites excluding steroid dienone is 3. The second-order valence-corrected chi connectivity index (χ2v) is 9.39. The maximum atomic E-state index is 12.8. The molecule has 4 nitrogen and oxygen atoms in total. The average Bonchev–Trinajstić information content (AvgIpc) is 2.92. The Morgan fingerprint density at radius 3 is 2.56 bits per heavy atom. The third kappa shape index (κ3) is 4.61. The van der Waals surface area contributed by atoms with Crippen molar-refractivity contribution in [1.82, 2.24) is 4.90 Å². The highest BCUT2D eigenvalue weighted by Gasteiger charge is 2.30. The van der Waals surface area contributed by atoms with E-state index in [0.29, 0.717) is 6.54 Å². The molecule has 0 spiro atoms. The molecular weight excluding hydrogens is 394 g/mol. The Hall–Kier alpha value is -2.59. The number of carbonyl (C=O) groups is 1. The van der Waals surface area contributed by atoms with Crippen molar-refractivity contribution < 1.29 is 4.79 Å². The van der Waals surface area contributed by atoms with Gasteiger partial charge < -0.3 is 9.80 Å². The van der Waals surface area contributed by atoms with Crippen molar-refractivity contribution in [2.75, 3.05) is 49.1 Å². The smallest absolute Gasteiger partial charge is 0.258 e. The van der Waals surface area contributed by atoms with Crippen LogP contribution in [0.3, 0.4) is 0 Å². The summed E-state index contributed by atoms with van der Waals surface area (Å²) in [6.07, 6.45) is 8.19. The molecule has 0 radical (unpaired) electrons. The number of benzene rings is 2. The average molecular weight is 432 g/mol. The molecule has 0 aliphatic carbocycles. The molecule has 1 amide bonds. The molecule has 0 aromatic heterocycles. The molecular formula is C28H37N3O. The van der Waals surface area contributed by atoms with E-state index in [1.54, 1.807) is 0 Å². The fourth-order valence-electron chi connectivity index (χ4n) is 4.99. The van der Waals surface area contributed by atoms with Crippen molar-refractivity contribution in [2.45, 2.75) is 47.0 Å². The van der Waals surface area contributed by atoms with Crippen LogP contribution in [0.2, 0.25) is 0 Å². The number of nitrogens with zero attached hydrogens (tertiary/aromatic N) is 3. The molecule has 1 fully saturated rings. The highest BCUT2D eigenvalue weighted by atomic mass is 16.2. The molecule has 32 heavy (non-hydrogen) atoms. The number of anilines is 2. The van der Waals surface area contributed by atoms with Crippen LogP contribution < -0.4 is 9.80 Å². The predicted octanol–water partition coefficient (Wildman–Crippen LogP) is 6.02. The molecule has 0 atom stereocenters. The summed E-state index contributed by atoms with van der Waals surface area (Å²) in [5.41, 5.74) is 6.08. The van der Waals surface area contributed by atoms with E-state index in [2.05, 4.69) is 60.9 Å². The van der Waals surface area contributed by atoms with Crippen LogP contribution in [0.25, 0.3) is 10.8 Å². The van der Waals surface area contributed by atoms with Crippen LogP contribution in [0, 0.1) is 0 Å². The molecule has 1 saturated heterocycles. The van der Waals surface area contributed by atoms with Crippen molar-refractivity contribution in [3.05, 3.63) is 59.2 Å². The van der Waals surface area contributed by atoms with Gasteiger partial charge >= 0.3 is 0 Å². The predicted molar refractivity (Wildman–Crippen MR) is 137 cm³/mol. The van der Waals surface area contributed by atoms with E-state index in [-0.39, 0.29) is 5.91 Å². The second-order valence-electron chi connectivity index (χ2n) is 9.39. The fourth-order valence-corrected chi connectivity index (χ4v) is 4.99. The summed E-state index contributed by atoms with van der Waals surface area (Å²) < 4.78 is 0. The van der Waals surface area contributed by atoms with E-state index in [1.807, 2.05) is 24.0 Å². The summed E-state index contributed by atoms with van der Waals surface area (Å²) in [4.78, 5) is 19.8. The molecule has 0 unspecified atom stereocenters. The van der Waals surface area contributed by atoms with Gasteiger partial charge in [0, 0.05) is 61.3 Å². The van der Waals surface area contributed by atoms with Crippen molar-refractivity contribution in [1.29, 1.82) is 0 Å². The van der Waals surface area contributed by atoms with Gasteiger partial charge in [0.05, 0.1) is 5.69 Å². The Bertz CT molecular complexity index is 1050. The first-order valence-electron chi connectivity index (χ1n) is 12.1. The molecule has 2 aromatic rings. The lowest BCUT2D eigenvalue weighted by Gasteiger charge is -2.25. The third-order valence-corrected chi connectivity index (χ3v) is 6.80. The third-order valence-electron chi connectivity index (χ3n) is 6.80. The zero-order valence-electron chi connectivity index (χ0n) is 20.2. The SMILES string of the molecule is CCN1C(=O)c2cccc3c(N4CCCN(CC=C(C)CCC=C(C)C)CC4)ccc1c23. The Morgan fingerprint density at radius 1 is 0.969 bits per heavy atom. The number of amides is 1. The molecule has 4 heteroatoms. The van der Waals surface area contributed by atoms with Gasteiger partial charge in [0.25, 0.3) is 5.91 Å². The minimum atomic E-state index is 0.138. The number of hydrogen-bond donors (Lipinski definition) is 0. The zero-order valence-corrected chi connectivity index (χ0v) is 20.2. The lowest BCUT2D eigenvalue weighted by atomic mass is 10.0. The van der Waals surface area contributed by atoms with Gasteiger partial charge in [0.15, 0.2) is 0 Å². The zero-order chi connectivity index (χ0) is 22.7. The summed E-state index contributed by atoms with van der Waals surface area (Å²) in [5.74, 6) is 0.138. The highest BCUT2D eigenvalue weighted by molar-refractivity contribution is 6.26. The van der Waals surface area contributed by atoms with Gasteiger partial charge in [0.1, 0.15) is 0 Å². The first-order valence-corrected chi connectivity index (χ1v) is 12.1. The quantitative estimate of drug-likeness (QED) is 0.501. The normalized spacial score (nSPS) is 17.2. The van der Waals surface area contributed by atoms with Crippen LogP contribution in [0.5, 0.6) is 0 Å². The van der Waals surface area contributed by atoms with Crippen molar-refractivity contribution in [3.63, 3.8) is 0 Å². The summed E-state index contributed by atoms with van der Waals surface area (Å²) in [6.45, 7) is 14.7. The first-order chi connectivity index (χ1) is 15.5. The van der Waals surface area contributed by atoms with Crippen LogP contribution in [-0.2, 0) is 0 Å². The van der Waals surface area contributed by atoms with Crippen LogP contribution in [0.4, 0.5) is 11.4 Å². The number of rotatable bonds is 7. The van der Waals surface area contributed by atoms with E-state index in [1.165, 1.54) is 22.2 Å². The van der Waals surface area contributed by atoms with Crippen molar-refractivity contribution in [3.8, 4) is 0 Å². The molecule has 0 N–H and O–H groups in total. The van der Waals surface area contributed by atoms with E-state index < -0.39 is 0 Å². The Labute approximate surface area is 193 Å². The van der Waals surface area contributed by atoms with Gasteiger partial charge in [-0.05, 0) is 65.2 Å². The van der Waals surface area contributed by atoms with Gasteiger partial charge in [-0.15, -0.1) is 0 Å². The Kier molecular flexibility index (Phi) is 7.00. The summed E-state index contributed by atoms with van der Waals surface area (Å²) in [7, 11) is 0. The maximum Gasteiger partial charge on any atom is 0.258 e. The molecule has 2 aliphatic heterocycles. The van der Waals surface area contributed by atoms with Crippen LogP contribution >= 0.6 is 0 Å². The van der Waals surface area contributed by atoms with Gasteiger partial charge in [-0.2, -0.15) is 0 Å². The van der Waals surface area contributed by atoms with Crippen molar-refractivity contribution >= 4 is 28.1 Å². The molecule has 170 valence electrons. The monoisotopic (exact) mass is 431 g/mol. The highest BCUT2D eigenvalue weighted by Crippen LogP contribution is 2.41. The van der Waals surface area contributed by atoms with Gasteiger partial charge in [-0.3, -0.25) is 9.69 Å². The van der Waals surface area contributed by atoms with Gasteiger partial charge in [-0.1, -0.05) is 35.4 Å². The minimum absolute atomic E-state index is 0.138. The molecule has 2 heterocycles. The summed E-state index contributed by atoms with van der Waals surface area (Å²) in [6, 6.07) is 10.6. The Balaban J connectivity index is 1.46. The standard InChI is InChI=1S/C28H37N3O/c1-5-31-26-14-13-25(23-11-7-12-24(27(23)26)28(31)32)30-17-8-16-29(19-20-30)18-15-22(4)10-6-9-21(2)3/h7,9,11-15H,5-6,8,10,16-20H2,1-4H3. The maximum absolute atomic E-state index is 12.8. The fraction of sp³-hybridized carbons (Fsp3) is 0.464. The summed E-state index contributed by atoms with van der Waals surface area (Å²) in [5, 5.41) is 2.35. The van der Waals surface area contributed by atoms with Crippen LogP contribution in [-0.4, -0.2) is 50.1 Å². The van der Waals surface area contributed by atoms with E-state index in [4.69, 9.17) is 0 Å². The van der Waals surface area contributed by atoms with E-state index >= 15 is 0 Å². The van der Waals surface area contributed by atoms with E-state index in [0.717, 1.165) is 68.6 Å². The largest absolute Gasteiger partial charge is 0.370 e. The second kappa shape index (κ2) is 9.91. The number of carbonyl (C=O) groups excluding carboxylic acids is 1. The molecule has 2 aliphatic rings. The van der Waals surface area contributed by atoms with Crippen LogP contribution in [0.1, 0.15) is 57.3 Å². The number of hydrogen-bond acceptors (Lipinski definition) is 3. The minimum Gasteiger partial charge on any atom is -0.370 e. The van der Waals surface area contributed by atoms with Crippen molar-refractivity contribution in [2.24, 2.45) is 0 Å². The van der Waals surface area contributed by atoms with Gasteiger partial charge in [-0.25, -0.2) is 0 Å². The molecule has 0 bridgehead atoms. The van der Waals surface area contributed by atoms with E-state index in [9.17, 15) is 4.79 Å². The lowest BCUT2D eigenvalue weighted by Crippen LogP contribution is -2.31. The summed E-state index contributed by atoms with van der Waals surface area (Å²) >= 11 is 0.